The molecule has 152 valence electrons. The summed E-state index contributed by atoms with van der Waals surface area (Å²) in [5, 5.41) is 1.37. The number of rotatable bonds is 11. The van der Waals surface area contributed by atoms with E-state index in [0.717, 1.165) is 18.9 Å². The fourth-order valence-corrected chi connectivity index (χ4v) is 5.59. The molecular formula is C21H35NO4Si. The molecule has 1 aromatic rings. The van der Waals surface area contributed by atoms with Gasteiger partial charge in [-0.25, -0.2) is 9.59 Å². The van der Waals surface area contributed by atoms with Crippen molar-refractivity contribution < 1.29 is 19.1 Å². The van der Waals surface area contributed by atoms with Crippen LogP contribution in [0.3, 0.4) is 0 Å². The van der Waals surface area contributed by atoms with Crippen molar-refractivity contribution in [2.24, 2.45) is 5.73 Å². The molecular weight excluding hydrogens is 358 g/mol. The van der Waals surface area contributed by atoms with Crippen molar-refractivity contribution >= 4 is 25.2 Å². The molecule has 0 unspecified atom stereocenters. The van der Waals surface area contributed by atoms with Gasteiger partial charge in [0.25, 0.3) is 0 Å². The summed E-state index contributed by atoms with van der Waals surface area (Å²) in [6.45, 7) is 10.5. The first-order valence-electron chi connectivity index (χ1n) is 9.94. The normalized spacial score (nSPS) is 11.9. The lowest BCUT2D eigenvalue weighted by atomic mass is 9.95. The molecule has 6 heteroatoms. The van der Waals surface area contributed by atoms with Gasteiger partial charge in [0.1, 0.15) is 0 Å². The van der Waals surface area contributed by atoms with E-state index in [2.05, 4.69) is 44.3 Å². The van der Waals surface area contributed by atoms with Gasteiger partial charge in [-0.15, -0.1) is 0 Å². The lowest BCUT2D eigenvalue weighted by molar-refractivity contribution is -0.164. The maximum absolute atomic E-state index is 12.3. The first kappa shape index (κ1) is 23.4. The van der Waals surface area contributed by atoms with Crippen LogP contribution in [0, 0.1) is 0 Å². The SMILES string of the molecule is CCCc1ccc([Si](C)(C)CCCC(N)(C(=O)OCC)C(=O)OCC)cc1. The molecule has 27 heavy (non-hydrogen) atoms. The second-order valence-corrected chi connectivity index (χ2v) is 12.4. The van der Waals surface area contributed by atoms with Crippen LogP contribution in [-0.2, 0) is 25.5 Å². The standard InChI is InChI=1S/C21H35NO4Si/c1-6-10-17-11-13-18(14-12-17)27(4,5)16-9-15-21(22,19(23)25-7-2)20(24)26-8-3/h11-14H,6-10,15-16,22H2,1-5H3. The molecule has 0 amide bonds. The molecule has 1 aromatic carbocycles. The second kappa shape index (κ2) is 10.6. The highest BCUT2D eigenvalue weighted by molar-refractivity contribution is 6.89. The van der Waals surface area contributed by atoms with Crippen LogP contribution in [0.1, 0.15) is 45.6 Å². The van der Waals surface area contributed by atoms with E-state index in [1.807, 2.05) is 0 Å². The van der Waals surface area contributed by atoms with Gasteiger partial charge in [-0.05, 0) is 32.3 Å². The molecule has 0 aromatic heterocycles. The first-order valence-corrected chi connectivity index (χ1v) is 13.1. The smallest absolute Gasteiger partial charge is 0.337 e. The Morgan fingerprint density at radius 1 is 1.00 bits per heavy atom. The highest BCUT2D eigenvalue weighted by Crippen LogP contribution is 2.21. The Kier molecular flexibility index (Phi) is 9.19. The van der Waals surface area contributed by atoms with E-state index < -0.39 is 25.6 Å². The number of carbonyl (C=O) groups excluding carboxylic acids is 2. The summed E-state index contributed by atoms with van der Waals surface area (Å²) in [5.74, 6) is -1.40. The first-order chi connectivity index (χ1) is 12.7. The number of esters is 2. The molecule has 0 bridgehead atoms. The van der Waals surface area contributed by atoms with Gasteiger partial charge in [-0.2, -0.15) is 0 Å². The zero-order chi connectivity index (χ0) is 20.5. The van der Waals surface area contributed by atoms with E-state index in [-0.39, 0.29) is 19.6 Å². The fraction of sp³-hybridized carbons (Fsp3) is 0.619. The summed E-state index contributed by atoms with van der Waals surface area (Å²) >= 11 is 0. The van der Waals surface area contributed by atoms with E-state index in [1.165, 1.54) is 10.8 Å². The Morgan fingerprint density at radius 3 is 1.96 bits per heavy atom. The Bertz CT molecular complexity index is 595. The molecule has 0 spiro atoms. The molecule has 0 radical (unpaired) electrons. The molecule has 0 heterocycles. The van der Waals surface area contributed by atoms with Crippen LogP contribution < -0.4 is 10.9 Å². The Labute approximate surface area is 164 Å². The number of hydrogen-bond donors (Lipinski definition) is 1. The molecule has 0 saturated heterocycles. The van der Waals surface area contributed by atoms with Gasteiger partial charge in [0.2, 0.25) is 5.54 Å². The summed E-state index contributed by atoms with van der Waals surface area (Å²) in [6.07, 6.45) is 3.14. The van der Waals surface area contributed by atoms with Gasteiger partial charge < -0.3 is 15.2 Å². The summed E-state index contributed by atoms with van der Waals surface area (Å²) < 4.78 is 10.0. The molecule has 0 aliphatic heterocycles. The lowest BCUT2D eigenvalue weighted by Crippen LogP contribution is -2.57. The minimum Gasteiger partial charge on any atom is -0.464 e. The predicted octanol–water partition coefficient (Wildman–Crippen LogP) is 3.16. The molecule has 0 aliphatic carbocycles. The minimum atomic E-state index is -1.72. The summed E-state index contributed by atoms with van der Waals surface area (Å²) in [7, 11) is -1.69. The van der Waals surface area contributed by atoms with Crippen molar-refractivity contribution in [3.63, 3.8) is 0 Å². The van der Waals surface area contributed by atoms with Gasteiger partial charge >= 0.3 is 11.9 Å². The monoisotopic (exact) mass is 393 g/mol. The largest absolute Gasteiger partial charge is 0.464 e. The van der Waals surface area contributed by atoms with E-state index >= 15 is 0 Å². The highest BCUT2D eigenvalue weighted by Gasteiger charge is 2.45. The Balaban J connectivity index is 2.80. The van der Waals surface area contributed by atoms with Crippen molar-refractivity contribution in [1.82, 2.24) is 0 Å². The maximum atomic E-state index is 12.3. The van der Waals surface area contributed by atoms with E-state index in [9.17, 15) is 9.59 Å². The van der Waals surface area contributed by atoms with E-state index in [0.29, 0.717) is 6.42 Å². The number of carbonyl (C=O) groups is 2. The van der Waals surface area contributed by atoms with Crippen molar-refractivity contribution in [2.75, 3.05) is 13.2 Å². The third-order valence-electron chi connectivity index (χ3n) is 4.93. The van der Waals surface area contributed by atoms with Crippen molar-refractivity contribution in [3.05, 3.63) is 29.8 Å². The zero-order valence-corrected chi connectivity index (χ0v) is 18.5. The molecule has 5 nitrogen and oxygen atoms in total. The maximum Gasteiger partial charge on any atom is 0.337 e. The zero-order valence-electron chi connectivity index (χ0n) is 17.5. The van der Waals surface area contributed by atoms with Crippen molar-refractivity contribution in [1.29, 1.82) is 0 Å². The van der Waals surface area contributed by atoms with Gasteiger partial charge in [-0.1, -0.05) is 68.4 Å². The summed E-state index contributed by atoms with van der Waals surface area (Å²) in [4.78, 5) is 24.5. The van der Waals surface area contributed by atoms with Crippen molar-refractivity contribution in [3.8, 4) is 0 Å². The average molecular weight is 394 g/mol. The van der Waals surface area contributed by atoms with Crippen LogP contribution >= 0.6 is 0 Å². The molecule has 0 atom stereocenters. The summed E-state index contributed by atoms with van der Waals surface area (Å²) in [5.41, 5.74) is 5.78. The van der Waals surface area contributed by atoms with Crippen LogP contribution in [0.2, 0.25) is 19.1 Å². The predicted molar refractivity (Wildman–Crippen MR) is 112 cm³/mol. The highest BCUT2D eigenvalue weighted by atomic mass is 28.3. The summed E-state index contributed by atoms with van der Waals surface area (Å²) in [6, 6.07) is 9.79. The number of ether oxygens (including phenoxy) is 2. The Hall–Kier alpha value is -1.66. The van der Waals surface area contributed by atoms with E-state index in [1.54, 1.807) is 13.8 Å². The molecule has 0 saturated carbocycles. The quantitative estimate of drug-likeness (QED) is 0.355. The van der Waals surface area contributed by atoms with Crippen molar-refractivity contribution in [2.45, 2.75) is 71.1 Å². The lowest BCUT2D eigenvalue weighted by Gasteiger charge is -2.28. The number of benzene rings is 1. The molecule has 1 rings (SSSR count). The van der Waals surface area contributed by atoms with Gasteiger partial charge in [0.15, 0.2) is 0 Å². The van der Waals surface area contributed by atoms with Crippen LogP contribution in [-0.4, -0.2) is 38.8 Å². The van der Waals surface area contributed by atoms with Gasteiger partial charge in [0, 0.05) is 0 Å². The van der Waals surface area contributed by atoms with Crippen LogP contribution in [0.5, 0.6) is 0 Å². The number of aryl methyl sites for hydroxylation is 1. The third-order valence-corrected chi connectivity index (χ3v) is 8.43. The number of nitrogens with two attached hydrogens (primary N) is 1. The average Bonchev–Trinajstić information content (AvgIpc) is 2.62. The van der Waals surface area contributed by atoms with Crippen LogP contribution in [0.25, 0.3) is 0 Å². The van der Waals surface area contributed by atoms with E-state index in [4.69, 9.17) is 15.2 Å². The molecule has 2 N–H and O–H groups in total. The van der Waals surface area contributed by atoms with Crippen LogP contribution in [0.15, 0.2) is 24.3 Å². The van der Waals surface area contributed by atoms with Gasteiger partial charge in [-0.3, -0.25) is 0 Å². The minimum absolute atomic E-state index is 0.182. The Morgan fingerprint density at radius 2 is 1.52 bits per heavy atom. The molecule has 0 fully saturated rings. The van der Waals surface area contributed by atoms with Gasteiger partial charge in [0.05, 0.1) is 21.3 Å². The number of hydrogen-bond acceptors (Lipinski definition) is 5. The second-order valence-electron chi connectivity index (χ2n) is 7.60. The topological polar surface area (TPSA) is 78.6 Å². The fourth-order valence-electron chi connectivity index (χ4n) is 3.17. The molecule has 0 aliphatic rings. The third kappa shape index (κ3) is 6.47. The van der Waals surface area contributed by atoms with Crippen LogP contribution in [0.4, 0.5) is 0 Å².